The van der Waals surface area contributed by atoms with Gasteiger partial charge in [0.05, 0.1) is 18.3 Å². The third kappa shape index (κ3) is 3.30. The molecule has 2 aliphatic heterocycles. The van der Waals surface area contributed by atoms with Crippen LogP contribution in [0.4, 0.5) is 0 Å². The highest BCUT2D eigenvalue weighted by Gasteiger charge is 2.44. The number of hydrogen-bond acceptors (Lipinski definition) is 4. The van der Waals surface area contributed by atoms with E-state index < -0.39 is 0 Å². The summed E-state index contributed by atoms with van der Waals surface area (Å²) in [5.41, 5.74) is 6.22. The summed E-state index contributed by atoms with van der Waals surface area (Å²) in [6.45, 7) is 13.1. The molecule has 112 valence electrons. The topological polar surface area (TPSA) is 47.7 Å². The van der Waals surface area contributed by atoms with Crippen molar-refractivity contribution in [3.63, 3.8) is 0 Å². The Morgan fingerprint density at radius 3 is 2.63 bits per heavy atom. The van der Waals surface area contributed by atoms with E-state index in [4.69, 9.17) is 15.2 Å². The Morgan fingerprint density at radius 1 is 1.32 bits per heavy atom. The van der Waals surface area contributed by atoms with Gasteiger partial charge < -0.3 is 15.2 Å². The lowest BCUT2D eigenvalue weighted by atomic mass is 9.80. The van der Waals surface area contributed by atoms with E-state index in [9.17, 15) is 0 Å². The quantitative estimate of drug-likeness (QED) is 0.847. The maximum Gasteiger partial charge on any atom is 0.0753 e. The Kier molecular flexibility index (Phi) is 4.56. The largest absolute Gasteiger partial charge is 0.378 e. The van der Waals surface area contributed by atoms with Crippen LogP contribution in [0.2, 0.25) is 0 Å². The first-order chi connectivity index (χ1) is 8.88. The lowest BCUT2D eigenvalue weighted by Gasteiger charge is -2.52. The minimum Gasteiger partial charge on any atom is -0.378 e. The molecule has 0 aromatic rings. The van der Waals surface area contributed by atoms with Crippen LogP contribution in [-0.2, 0) is 9.47 Å². The highest BCUT2D eigenvalue weighted by molar-refractivity contribution is 4.99. The fourth-order valence-electron chi connectivity index (χ4n) is 3.39. The van der Waals surface area contributed by atoms with E-state index in [1.165, 1.54) is 0 Å². The van der Waals surface area contributed by atoms with Gasteiger partial charge in [-0.1, -0.05) is 13.8 Å². The molecule has 2 heterocycles. The molecule has 0 aromatic heterocycles. The van der Waals surface area contributed by atoms with E-state index in [2.05, 4.69) is 32.6 Å². The minimum atomic E-state index is -0.0634. The molecule has 0 saturated carbocycles. The van der Waals surface area contributed by atoms with Gasteiger partial charge in [-0.25, -0.2) is 0 Å². The molecule has 2 aliphatic rings. The number of hydrogen-bond donors (Lipinski definition) is 1. The van der Waals surface area contributed by atoms with Gasteiger partial charge in [0.1, 0.15) is 0 Å². The van der Waals surface area contributed by atoms with Crippen molar-refractivity contribution in [1.82, 2.24) is 4.90 Å². The Morgan fingerprint density at radius 2 is 2.05 bits per heavy atom. The molecule has 0 aliphatic carbocycles. The summed E-state index contributed by atoms with van der Waals surface area (Å²) in [7, 11) is 0. The van der Waals surface area contributed by atoms with Gasteiger partial charge in [0.25, 0.3) is 0 Å². The molecule has 0 amide bonds. The SMILES string of the molecule is CC(C)C1CC(CN)(N2CCOC(C)(C)C2)CCO1. The van der Waals surface area contributed by atoms with E-state index in [1.807, 2.05) is 0 Å². The number of nitrogens with zero attached hydrogens (tertiary/aromatic N) is 1. The van der Waals surface area contributed by atoms with E-state index in [-0.39, 0.29) is 11.1 Å². The Hall–Kier alpha value is -0.160. The first kappa shape index (κ1) is 15.2. The zero-order valence-corrected chi connectivity index (χ0v) is 12.9. The third-order valence-electron chi connectivity index (χ3n) is 4.70. The molecule has 19 heavy (non-hydrogen) atoms. The van der Waals surface area contributed by atoms with Crippen molar-refractivity contribution >= 4 is 0 Å². The van der Waals surface area contributed by atoms with Gasteiger partial charge >= 0.3 is 0 Å². The fourth-order valence-corrected chi connectivity index (χ4v) is 3.39. The molecule has 2 fully saturated rings. The van der Waals surface area contributed by atoms with Crippen LogP contribution >= 0.6 is 0 Å². The summed E-state index contributed by atoms with van der Waals surface area (Å²) < 4.78 is 11.8. The maximum absolute atomic E-state index is 6.18. The average Bonchev–Trinajstić information content (AvgIpc) is 2.37. The summed E-state index contributed by atoms with van der Waals surface area (Å²) in [5, 5.41) is 0. The zero-order valence-electron chi connectivity index (χ0n) is 12.9. The molecule has 4 heteroatoms. The third-order valence-corrected chi connectivity index (χ3v) is 4.70. The second-order valence-corrected chi connectivity index (χ2v) is 7.07. The molecule has 2 N–H and O–H groups in total. The molecular weight excluding hydrogens is 240 g/mol. The van der Waals surface area contributed by atoms with Gasteiger partial charge in [-0.2, -0.15) is 0 Å². The molecule has 0 aromatic carbocycles. The van der Waals surface area contributed by atoms with Crippen molar-refractivity contribution in [2.75, 3.05) is 32.8 Å². The Balaban J connectivity index is 2.12. The van der Waals surface area contributed by atoms with E-state index in [0.29, 0.717) is 12.0 Å². The molecule has 2 atom stereocenters. The molecule has 4 nitrogen and oxygen atoms in total. The van der Waals surface area contributed by atoms with Crippen molar-refractivity contribution in [3.8, 4) is 0 Å². The highest BCUT2D eigenvalue weighted by Crippen LogP contribution is 2.35. The van der Waals surface area contributed by atoms with Crippen molar-refractivity contribution in [2.45, 2.75) is 57.8 Å². The summed E-state index contributed by atoms with van der Waals surface area (Å²) in [6.07, 6.45) is 2.43. The van der Waals surface area contributed by atoms with Crippen LogP contribution in [0.3, 0.4) is 0 Å². The predicted octanol–water partition coefficient (Wildman–Crippen LogP) is 1.63. The first-order valence-corrected chi connectivity index (χ1v) is 7.59. The van der Waals surface area contributed by atoms with Gasteiger partial charge in [-0.3, -0.25) is 4.90 Å². The summed E-state index contributed by atoms with van der Waals surface area (Å²) in [6, 6.07) is 0. The fraction of sp³-hybridized carbons (Fsp3) is 1.00. The normalized spacial score (nSPS) is 36.6. The van der Waals surface area contributed by atoms with Crippen LogP contribution in [-0.4, -0.2) is 55.0 Å². The van der Waals surface area contributed by atoms with Gasteiger partial charge in [-0.05, 0) is 32.6 Å². The summed E-state index contributed by atoms with van der Waals surface area (Å²) >= 11 is 0. The van der Waals surface area contributed by atoms with Crippen LogP contribution in [0.25, 0.3) is 0 Å². The van der Waals surface area contributed by atoms with Gasteiger partial charge in [0.15, 0.2) is 0 Å². The first-order valence-electron chi connectivity index (χ1n) is 7.59. The Labute approximate surface area is 117 Å². The second-order valence-electron chi connectivity index (χ2n) is 7.07. The average molecular weight is 270 g/mol. The maximum atomic E-state index is 6.18. The van der Waals surface area contributed by atoms with Gasteiger partial charge in [0, 0.05) is 31.8 Å². The monoisotopic (exact) mass is 270 g/mol. The molecule has 2 rings (SSSR count). The van der Waals surface area contributed by atoms with Crippen molar-refractivity contribution < 1.29 is 9.47 Å². The summed E-state index contributed by atoms with van der Waals surface area (Å²) in [5.74, 6) is 0.556. The standard InChI is InChI=1S/C15H30N2O2/c1-12(2)13-9-15(10-16,5-7-18-13)17-6-8-19-14(3,4)11-17/h12-13H,5-11,16H2,1-4H3. The van der Waals surface area contributed by atoms with Crippen molar-refractivity contribution in [2.24, 2.45) is 11.7 Å². The molecular formula is C15H30N2O2. The lowest BCUT2D eigenvalue weighted by molar-refractivity contribution is -0.149. The van der Waals surface area contributed by atoms with Crippen LogP contribution in [0.15, 0.2) is 0 Å². The smallest absolute Gasteiger partial charge is 0.0753 e. The molecule has 0 bridgehead atoms. The van der Waals surface area contributed by atoms with Gasteiger partial charge in [0.2, 0.25) is 0 Å². The number of nitrogens with two attached hydrogens (primary N) is 1. The van der Waals surface area contributed by atoms with Crippen LogP contribution in [0.1, 0.15) is 40.5 Å². The second kappa shape index (κ2) is 5.68. The molecule has 2 saturated heterocycles. The molecule has 0 radical (unpaired) electrons. The van der Waals surface area contributed by atoms with E-state index in [1.54, 1.807) is 0 Å². The molecule has 0 spiro atoms. The van der Waals surface area contributed by atoms with Crippen LogP contribution in [0.5, 0.6) is 0 Å². The number of morpholine rings is 1. The summed E-state index contributed by atoms with van der Waals surface area (Å²) in [4.78, 5) is 2.56. The van der Waals surface area contributed by atoms with Gasteiger partial charge in [-0.15, -0.1) is 0 Å². The predicted molar refractivity (Wildman–Crippen MR) is 77.2 cm³/mol. The highest BCUT2D eigenvalue weighted by atomic mass is 16.5. The number of rotatable bonds is 3. The molecule has 2 unspecified atom stereocenters. The van der Waals surface area contributed by atoms with E-state index in [0.717, 1.165) is 45.7 Å². The van der Waals surface area contributed by atoms with Crippen LogP contribution in [0, 0.1) is 5.92 Å². The lowest BCUT2D eigenvalue weighted by Crippen LogP contribution is -2.64. The van der Waals surface area contributed by atoms with Crippen molar-refractivity contribution in [1.29, 1.82) is 0 Å². The van der Waals surface area contributed by atoms with Crippen molar-refractivity contribution in [3.05, 3.63) is 0 Å². The number of ether oxygens (including phenoxy) is 2. The van der Waals surface area contributed by atoms with E-state index >= 15 is 0 Å². The van der Waals surface area contributed by atoms with Crippen LogP contribution < -0.4 is 5.73 Å². The minimum absolute atomic E-state index is 0.0634. The zero-order chi connectivity index (χ0) is 14.1. The Bertz CT molecular complexity index is 307.